The molecule has 0 aliphatic rings. The van der Waals surface area contributed by atoms with E-state index in [0.717, 1.165) is 31.2 Å². The van der Waals surface area contributed by atoms with Gasteiger partial charge in [0.2, 0.25) is 0 Å². The molecule has 5 nitrogen and oxygen atoms in total. The molecule has 1 aromatic heterocycles. The summed E-state index contributed by atoms with van der Waals surface area (Å²) in [6, 6.07) is 14.1. The van der Waals surface area contributed by atoms with E-state index in [0.29, 0.717) is 13.2 Å². The SMILES string of the molecule is CCNC(=NCCc1ccccc1)NCCOc1cccnc1.I. The molecule has 0 radical (unpaired) electrons. The average molecular weight is 440 g/mol. The van der Waals surface area contributed by atoms with Gasteiger partial charge in [0, 0.05) is 19.3 Å². The van der Waals surface area contributed by atoms with Gasteiger partial charge in [-0.1, -0.05) is 30.3 Å². The molecular weight excluding hydrogens is 415 g/mol. The lowest BCUT2D eigenvalue weighted by atomic mass is 10.2. The maximum Gasteiger partial charge on any atom is 0.191 e. The van der Waals surface area contributed by atoms with Crippen molar-refractivity contribution in [1.82, 2.24) is 15.6 Å². The summed E-state index contributed by atoms with van der Waals surface area (Å²) >= 11 is 0. The van der Waals surface area contributed by atoms with E-state index in [1.807, 2.05) is 18.2 Å². The third-order valence-electron chi connectivity index (χ3n) is 3.16. The third-order valence-corrected chi connectivity index (χ3v) is 3.16. The number of pyridine rings is 1. The number of hydrogen-bond acceptors (Lipinski definition) is 3. The minimum absolute atomic E-state index is 0. The van der Waals surface area contributed by atoms with E-state index in [1.54, 1.807) is 12.4 Å². The van der Waals surface area contributed by atoms with Crippen LogP contribution in [0.25, 0.3) is 0 Å². The number of nitrogens with zero attached hydrogens (tertiary/aromatic N) is 2. The second-order valence-electron chi connectivity index (χ2n) is 4.96. The number of hydrogen-bond donors (Lipinski definition) is 2. The summed E-state index contributed by atoms with van der Waals surface area (Å²) in [7, 11) is 0. The Labute approximate surface area is 161 Å². The molecule has 2 N–H and O–H groups in total. The fourth-order valence-corrected chi connectivity index (χ4v) is 2.05. The van der Waals surface area contributed by atoms with Gasteiger partial charge in [-0.15, -0.1) is 24.0 Å². The Bertz CT molecular complexity index is 578. The van der Waals surface area contributed by atoms with Crippen molar-refractivity contribution in [3.05, 3.63) is 60.4 Å². The van der Waals surface area contributed by atoms with E-state index in [4.69, 9.17) is 4.74 Å². The molecule has 0 saturated carbocycles. The van der Waals surface area contributed by atoms with Crippen molar-refractivity contribution in [2.45, 2.75) is 13.3 Å². The molecule has 0 atom stereocenters. The van der Waals surface area contributed by atoms with Gasteiger partial charge >= 0.3 is 0 Å². The van der Waals surface area contributed by atoms with Gasteiger partial charge in [0.15, 0.2) is 5.96 Å². The van der Waals surface area contributed by atoms with Gasteiger partial charge in [0.1, 0.15) is 12.4 Å². The van der Waals surface area contributed by atoms with Crippen LogP contribution in [0.4, 0.5) is 0 Å². The molecule has 24 heavy (non-hydrogen) atoms. The first-order valence-corrected chi connectivity index (χ1v) is 7.97. The second-order valence-corrected chi connectivity index (χ2v) is 4.96. The zero-order chi connectivity index (χ0) is 16.2. The Hall–Kier alpha value is -1.83. The number of halogens is 1. The van der Waals surface area contributed by atoms with Crippen molar-refractivity contribution in [3.8, 4) is 5.75 Å². The van der Waals surface area contributed by atoms with E-state index >= 15 is 0 Å². The number of benzene rings is 1. The molecule has 2 rings (SSSR count). The number of aromatic nitrogens is 1. The van der Waals surface area contributed by atoms with Crippen LogP contribution in [-0.4, -0.2) is 37.2 Å². The fourth-order valence-electron chi connectivity index (χ4n) is 2.05. The number of aliphatic imine (C=N–C) groups is 1. The molecule has 0 fully saturated rings. The molecule has 0 unspecified atom stereocenters. The van der Waals surface area contributed by atoms with Crippen LogP contribution >= 0.6 is 24.0 Å². The van der Waals surface area contributed by atoms with Crippen molar-refractivity contribution < 1.29 is 4.74 Å². The highest BCUT2D eigenvalue weighted by Gasteiger charge is 1.98. The third kappa shape index (κ3) is 8.14. The predicted molar refractivity (Wildman–Crippen MR) is 109 cm³/mol. The lowest BCUT2D eigenvalue weighted by molar-refractivity contribution is 0.320. The zero-order valence-electron chi connectivity index (χ0n) is 13.9. The Balaban J connectivity index is 0.00000288. The summed E-state index contributed by atoms with van der Waals surface area (Å²) < 4.78 is 5.60. The highest BCUT2D eigenvalue weighted by molar-refractivity contribution is 14.0. The zero-order valence-corrected chi connectivity index (χ0v) is 16.3. The minimum Gasteiger partial charge on any atom is -0.490 e. The van der Waals surface area contributed by atoms with E-state index in [9.17, 15) is 0 Å². The molecule has 0 aliphatic carbocycles. The highest BCUT2D eigenvalue weighted by Crippen LogP contribution is 2.04. The first kappa shape index (κ1) is 20.2. The van der Waals surface area contributed by atoms with E-state index < -0.39 is 0 Å². The van der Waals surface area contributed by atoms with Gasteiger partial charge in [0.05, 0.1) is 12.7 Å². The van der Waals surface area contributed by atoms with Crippen LogP contribution < -0.4 is 15.4 Å². The highest BCUT2D eigenvalue weighted by atomic mass is 127. The van der Waals surface area contributed by atoms with E-state index in [2.05, 4.69) is 51.8 Å². The van der Waals surface area contributed by atoms with Crippen molar-refractivity contribution >= 4 is 29.9 Å². The number of rotatable bonds is 8. The monoisotopic (exact) mass is 440 g/mol. The summed E-state index contributed by atoms with van der Waals surface area (Å²) in [4.78, 5) is 8.60. The Morgan fingerprint density at radius 2 is 1.96 bits per heavy atom. The van der Waals surface area contributed by atoms with Gasteiger partial charge in [-0.25, -0.2) is 0 Å². The predicted octanol–water partition coefficient (Wildman–Crippen LogP) is 2.88. The van der Waals surface area contributed by atoms with Crippen molar-refractivity contribution in [3.63, 3.8) is 0 Å². The summed E-state index contributed by atoms with van der Waals surface area (Å²) in [6.45, 7) is 4.89. The van der Waals surface area contributed by atoms with Crippen LogP contribution in [0.5, 0.6) is 5.75 Å². The smallest absolute Gasteiger partial charge is 0.191 e. The molecule has 1 aromatic carbocycles. The number of guanidine groups is 1. The molecule has 130 valence electrons. The van der Waals surface area contributed by atoms with Crippen LogP contribution in [0.1, 0.15) is 12.5 Å². The fraction of sp³-hybridized carbons (Fsp3) is 0.333. The summed E-state index contributed by atoms with van der Waals surface area (Å²) in [5, 5.41) is 6.51. The van der Waals surface area contributed by atoms with E-state index in [1.165, 1.54) is 5.56 Å². The summed E-state index contributed by atoms with van der Waals surface area (Å²) in [5.41, 5.74) is 1.30. The first-order valence-electron chi connectivity index (χ1n) is 7.97. The lowest BCUT2D eigenvalue weighted by Gasteiger charge is -2.12. The van der Waals surface area contributed by atoms with Crippen LogP contribution in [-0.2, 0) is 6.42 Å². The normalized spacial score (nSPS) is 10.6. The Kier molecular flexibility index (Phi) is 10.6. The molecular formula is C18H25IN4O. The van der Waals surface area contributed by atoms with Gasteiger partial charge in [-0.05, 0) is 31.0 Å². The molecule has 1 heterocycles. The maximum atomic E-state index is 5.60. The van der Waals surface area contributed by atoms with Crippen molar-refractivity contribution in [2.24, 2.45) is 4.99 Å². The quantitative estimate of drug-likeness (QED) is 0.287. The van der Waals surface area contributed by atoms with Crippen LogP contribution in [0.15, 0.2) is 59.9 Å². The molecule has 0 amide bonds. The minimum atomic E-state index is 0. The van der Waals surface area contributed by atoms with Gasteiger partial charge in [-0.2, -0.15) is 0 Å². The van der Waals surface area contributed by atoms with Crippen molar-refractivity contribution in [1.29, 1.82) is 0 Å². The summed E-state index contributed by atoms with van der Waals surface area (Å²) in [6.07, 6.45) is 4.37. The standard InChI is InChI=1S/C18H24N4O.HI/c1-2-20-18(21-12-10-16-7-4-3-5-8-16)22-13-14-23-17-9-6-11-19-15-17;/h3-9,11,15H,2,10,12-14H2,1H3,(H2,20,21,22);1H. The lowest BCUT2D eigenvalue weighted by Crippen LogP contribution is -2.39. The van der Waals surface area contributed by atoms with Crippen molar-refractivity contribution in [2.75, 3.05) is 26.2 Å². The molecule has 2 aromatic rings. The van der Waals surface area contributed by atoms with Crippen LogP contribution in [0.2, 0.25) is 0 Å². The maximum absolute atomic E-state index is 5.60. The van der Waals surface area contributed by atoms with Gasteiger partial charge in [0.25, 0.3) is 0 Å². The molecule has 0 bridgehead atoms. The van der Waals surface area contributed by atoms with Crippen LogP contribution in [0.3, 0.4) is 0 Å². The molecule has 0 spiro atoms. The first-order chi connectivity index (χ1) is 11.4. The van der Waals surface area contributed by atoms with Crippen LogP contribution in [0, 0.1) is 0 Å². The molecule has 6 heteroatoms. The molecule has 0 saturated heterocycles. The topological polar surface area (TPSA) is 58.5 Å². The van der Waals surface area contributed by atoms with Gasteiger partial charge in [-0.3, -0.25) is 9.98 Å². The average Bonchev–Trinajstić information content (AvgIpc) is 2.60. The second kappa shape index (κ2) is 12.6. The largest absolute Gasteiger partial charge is 0.490 e. The number of ether oxygens (including phenoxy) is 1. The summed E-state index contributed by atoms with van der Waals surface area (Å²) in [5.74, 6) is 1.60. The Morgan fingerprint density at radius 3 is 2.67 bits per heavy atom. The number of nitrogens with one attached hydrogen (secondary N) is 2. The van der Waals surface area contributed by atoms with Gasteiger partial charge < -0.3 is 15.4 Å². The molecule has 0 aliphatic heterocycles. The van der Waals surface area contributed by atoms with E-state index in [-0.39, 0.29) is 24.0 Å². The Morgan fingerprint density at radius 1 is 1.12 bits per heavy atom.